The molecule has 0 aliphatic carbocycles. The molecule has 1 aromatic carbocycles. The fraction of sp³-hybridized carbons (Fsp3) is 0.500. The topological polar surface area (TPSA) is 81.7 Å². The number of esters is 2. The van der Waals surface area contributed by atoms with E-state index >= 15 is 0 Å². The van der Waals surface area contributed by atoms with Gasteiger partial charge in [0.2, 0.25) is 5.91 Å². The smallest absolute Gasteiger partial charge is 0.338 e. The van der Waals surface area contributed by atoms with Gasteiger partial charge in [-0.3, -0.25) is 4.79 Å². The highest BCUT2D eigenvalue weighted by Gasteiger charge is 2.23. The van der Waals surface area contributed by atoms with Crippen LogP contribution in [0.25, 0.3) is 0 Å². The largest absolute Gasteiger partial charge is 0.456 e. The molecule has 1 rings (SSSR count). The van der Waals surface area contributed by atoms with Crippen LogP contribution >= 0.6 is 0 Å². The van der Waals surface area contributed by atoms with E-state index in [0.29, 0.717) is 5.69 Å². The number of rotatable bonds is 3. The van der Waals surface area contributed by atoms with Gasteiger partial charge in [-0.05, 0) is 59.7 Å². The third-order valence-corrected chi connectivity index (χ3v) is 2.52. The minimum absolute atomic E-state index is 0.164. The first-order valence-corrected chi connectivity index (χ1v) is 7.66. The Hall–Kier alpha value is -2.37. The fourth-order valence-corrected chi connectivity index (χ4v) is 1.81. The van der Waals surface area contributed by atoms with Crippen molar-refractivity contribution in [1.82, 2.24) is 0 Å². The molecular formula is C18H25NO5. The van der Waals surface area contributed by atoms with Gasteiger partial charge in [-0.25, -0.2) is 9.59 Å². The maximum Gasteiger partial charge on any atom is 0.338 e. The second kappa shape index (κ2) is 7.03. The highest BCUT2D eigenvalue weighted by atomic mass is 16.6. The van der Waals surface area contributed by atoms with Crippen molar-refractivity contribution in [2.75, 3.05) is 5.32 Å². The molecular weight excluding hydrogens is 310 g/mol. The van der Waals surface area contributed by atoms with Crippen LogP contribution in [0.15, 0.2) is 18.2 Å². The molecule has 0 bridgehead atoms. The SMILES string of the molecule is CC(=O)Nc1cc(C(=O)OC(C)(C)C)cc(C(=O)OC(C)(C)C)c1. The molecule has 0 saturated heterocycles. The monoisotopic (exact) mass is 335 g/mol. The summed E-state index contributed by atoms with van der Waals surface area (Å²) in [6.07, 6.45) is 0. The van der Waals surface area contributed by atoms with E-state index in [2.05, 4.69) is 5.32 Å². The number of nitrogens with one attached hydrogen (secondary N) is 1. The van der Waals surface area contributed by atoms with Crippen LogP contribution in [0.4, 0.5) is 5.69 Å². The van der Waals surface area contributed by atoms with Crippen molar-refractivity contribution in [3.63, 3.8) is 0 Å². The van der Waals surface area contributed by atoms with Gasteiger partial charge in [-0.1, -0.05) is 0 Å². The minimum Gasteiger partial charge on any atom is -0.456 e. The zero-order chi connectivity index (χ0) is 18.7. The van der Waals surface area contributed by atoms with Gasteiger partial charge in [-0.15, -0.1) is 0 Å². The standard InChI is InChI=1S/C18H25NO5/c1-11(20)19-14-9-12(15(21)23-17(2,3)4)8-13(10-14)16(22)24-18(5,6)7/h8-10H,1-7H3,(H,19,20). The van der Waals surface area contributed by atoms with Crippen LogP contribution in [0.2, 0.25) is 0 Å². The zero-order valence-corrected chi connectivity index (χ0v) is 15.3. The number of anilines is 1. The number of hydrogen-bond donors (Lipinski definition) is 1. The quantitative estimate of drug-likeness (QED) is 0.854. The summed E-state index contributed by atoms with van der Waals surface area (Å²) < 4.78 is 10.6. The Morgan fingerprint density at radius 1 is 0.792 bits per heavy atom. The summed E-state index contributed by atoms with van der Waals surface area (Å²) in [5, 5.41) is 2.57. The van der Waals surface area contributed by atoms with Crippen molar-refractivity contribution < 1.29 is 23.9 Å². The van der Waals surface area contributed by atoms with Crippen LogP contribution < -0.4 is 5.32 Å². The van der Waals surface area contributed by atoms with Crippen molar-refractivity contribution in [3.8, 4) is 0 Å². The van der Waals surface area contributed by atoms with E-state index in [1.807, 2.05) is 0 Å². The van der Waals surface area contributed by atoms with Gasteiger partial charge in [0.1, 0.15) is 11.2 Å². The molecule has 24 heavy (non-hydrogen) atoms. The van der Waals surface area contributed by atoms with Crippen molar-refractivity contribution in [3.05, 3.63) is 29.3 Å². The van der Waals surface area contributed by atoms with Crippen LogP contribution in [-0.2, 0) is 14.3 Å². The number of carbonyl (C=O) groups excluding carboxylic acids is 3. The molecule has 0 fully saturated rings. The van der Waals surface area contributed by atoms with E-state index in [4.69, 9.17) is 9.47 Å². The molecule has 0 unspecified atom stereocenters. The molecule has 0 saturated carbocycles. The van der Waals surface area contributed by atoms with Gasteiger partial charge >= 0.3 is 11.9 Å². The lowest BCUT2D eigenvalue weighted by molar-refractivity contribution is -0.114. The highest BCUT2D eigenvalue weighted by Crippen LogP contribution is 2.21. The van der Waals surface area contributed by atoms with Crippen LogP contribution in [-0.4, -0.2) is 29.0 Å². The Morgan fingerprint density at radius 3 is 1.46 bits per heavy atom. The van der Waals surface area contributed by atoms with E-state index in [1.165, 1.54) is 25.1 Å². The molecule has 6 nitrogen and oxygen atoms in total. The lowest BCUT2D eigenvalue weighted by Gasteiger charge is -2.21. The molecule has 0 atom stereocenters. The Morgan fingerprint density at radius 2 is 1.17 bits per heavy atom. The summed E-state index contributed by atoms with van der Waals surface area (Å²) in [5.74, 6) is -1.48. The molecule has 0 spiro atoms. The Kier molecular flexibility index (Phi) is 5.76. The fourth-order valence-electron chi connectivity index (χ4n) is 1.81. The first-order chi connectivity index (χ1) is 10.8. The lowest BCUT2D eigenvalue weighted by atomic mass is 10.1. The normalized spacial score (nSPS) is 11.6. The summed E-state index contributed by atoms with van der Waals surface area (Å²) in [4.78, 5) is 35.8. The first kappa shape index (κ1) is 19.7. The van der Waals surface area contributed by atoms with Gasteiger partial charge in [0.25, 0.3) is 0 Å². The van der Waals surface area contributed by atoms with Crippen LogP contribution in [0.1, 0.15) is 69.2 Å². The summed E-state index contributed by atoms with van der Waals surface area (Å²) in [6.45, 7) is 11.8. The van der Waals surface area contributed by atoms with Crippen LogP contribution in [0, 0.1) is 0 Å². The molecule has 0 aromatic heterocycles. The van der Waals surface area contributed by atoms with Crippen molar-refractivity contribution >= 4 is 23.5 Å². The van der Waals surface area contributed by atoms with Crippen LogP contribution in [0.5, 0.6) is 0 Å². The summed E-state index contributed by atoms with van der Waals surface area (Å²) >= 11 is 0. The molecule has 132 valence electrons. The van der Waals surface area contributed by atoms with Crippen molar-refractivity contribution in [2.24, 2.45) is 0 Å². The maximum atomic E-state index is 12.3. The molecule has 6 heteroatoms. The number of carbonyl (C=O) groups is 3. The molecule has 0 aliphatic rings. The minimum atomic E-state index is -0.673. The second-order valence-electron chi connectivity index (χ2n) is 7.48. The number of hydrogen-bond acceptors (Lipinski definition) is 5. The number of ether oxygens (including phenoxy) is 2. The van der Waals surface area contributed by atoms with E-state index < -0.39 is 23.1 Å². The van der Waals surface area contributed by atoms with Gasteiger partial charge in [0.15, 0.2) is 0 Å². The van der Waals surface area contributed by atoms with Gasteiger partial charge in [-0.2, -0.15) is 0 Å². The van der Waals surface area contributed by atoms with Crippen molar-refractivity contribution in [1.29, 1.82) is 0 Å². The van der Waals surface area contributed by atoms with Crippen LogP contribution in [0.3, 0.4) is 0 Å². The maximum absolute atomic E-state index is 12.3. The molecule has 1 aromatic rings. The molecule has 1 amide bonds. The zero-order valence-electron chi connectivity index (χ0n) is 15.3. The Labute approximate surface area is 142 Å². The third kappa shape index (κ3) is 6.81. The van der Waals surface area contributed by atoms with E-state index in [1.54, 1.807) is 41.5 Å². The predicted octanol–water partition coefficient (Wildman–Crippen LogP) is 3.56. The average Bonchev–Trinajstić information content (AvgIpc) is 2.33. The molecule has 1 N–H and O–H groups in total. The molecule has 0 aliphatic heterocycles. The number of benzene rings is 1. The average molecular weight is 335 g/mol. The summed E-state index contributed by atoms with van der Waals surface area (Å²) in [6, 6.07) is 4.32. The molecule has 0 heterocycles. The Bertz CT molecular complexity index is 604. The number of amides is 1. The summed E-state index contributed by atoms with van der Waals surface area (Å²) in [7, 11) is 0. The summed E-state index contributed by atoms with van der Waals surface area (Å²) in [5.41, 5.74) is -0.693. The lowest BCUT2D eigenvalue weighted by Crippen LogP contribution is -2.25. The van der Waals surface area contributed by atoms with Crippen molar-refractivity contribution in [2.45, 2.75) is 59.7 Å². The predicted molar refractivity (Wildman–Crippen MR) is 91.1 cm³/mol. The van der Waals surface area contributed by atoms with E-state index in [9.17, 15) is 14.4 Å². The molecule has 0 radical (unpaired) electrons. The van der Waals surface area contributed by atoms with Gasteiger partial charge < -0.3 is 14.8 Å². The highest BCUT2D eigenvalue weighted by molar-refractivity contribution is 5.99. The Balaban J connectivity index is 3.24. The first-order valence-electron chi connectivity index (χ1n) is 7.66. The van der Waals surface area contributed by atoms with Gasteiger partial charge in [0.05, 0.1) is 11.1 Å². The third-order valence-electron chi connectivity index (χ3n) is 2.52. The second-order valence-corrected chi connectivity index (χ2v) is 7.48. The van der Waals surface area contributed by atoms with E-state index in [-0.39, 0.29) is 17.0 Å². The van der Waals surface area contributed by atoms with Gasteiger partial charge in [0, 0.05) is 12.6 Å². The van der Waals surface area contributed by atoms with E-state index in [0.717, 1.165) is 0 Å².